The predicted octanol–water partition coefficient (Wildman–Crippen LogP) is 1.91. The summed E-state index contributed by atoms with van der Waals surface area (Å²) in [6, 6.07) is 5.45. The van der Waals surface area contributed by atoms with Crippen molar-refractivity contribution in [3.63, 3.8) is 0 Å². The van der Waals surface area contributed by atoms with E-state index < -0.39 is 0 Å². The molecule has 0 bridgehead atoms. The number of nitrogens with zero attached hydrogens (tertiary/aromatic N) is 2. The molecule has 0 atom stereocenters. The summed E-state index contributed by atoms with van der Waals surface area (Å²) in [7, 11) is 0. The molecule has 19 heavy (non-hydrogen) atoms. The van der Waals surface area contributed by atoms with E-state index in [1.165, 1.54) is 4.68 Å². The van der Waals surface area contributed by atoms with Crippen molar-refractivity contribution in [1.82, 2.24) is 9.78 Å². The number of rotatable bonds is 4. The monoisotopic (exact) mass is 276 g/mol. The first kappa shape index (κ1) is 13.5. The van der Waals surface area contributed by atoms with E-state index in [1.807, 2.05) is 31.4 Å². The molecule has 0 aliphatic carbocycles. The maximum Gasteiger partial charge on any atom is 0.277 e. The predicted molar refractivity (Wildman–Crippen MR) is 77.7 cm³/mol. The third-order valence-corrected chi connectivity index (χ3v) is 3.47. The molecule has 0 aliphatic rings. The Morgan fingerprint density at radius 2 is 2.32 bits per heavy atom. The first-order chi connectivity index (χ1) is 8.99. The van der Waals surface area contributed by atoms with Crippen molar-refractivity contribution in [3.8, 4) is 10.6 Å². The molecule has 2 heterocycles. The zero-order valence-electron chi connectivity index (χ0n) is 10.9. The van der Waals surface area contributed by atoms with Gasteiger partial charge in [0.1, 0.15) is 11.5 Å². The molecule has 0 unspecified atom stereocenters. The molecule has 0 aliphatic heterocycles. The zero-order chi connectivity index (χ0) is 14.0. The first-order valence-electron chi connectivity index (χ1n) is 5.99. The van der Waals surface area contributed by atoms with Crippen molar-refractivity contribution in [3.05, 3.63) is 39.5 Å². The van der Waals surface area contributed by atoms with Gasteiger partial charge in [0.05, 0.1) is 10.4 Å². The van der Waals surface area contributed by atoms with Crippen LogP contribution in [0.1, 0.15) is 19.4 Å². The molecule has 0 spiro atoms. The molecule has 6 heteroatoms. The lowest BCUT2D eigenvalue weighted by molar-refractivity contribution is 0.465. The minimum Gasteiger partial charge on any atom is -0.384 e. The van der Waals surface area contributed by atoms with E-state index in [-0.39, 0.29) is 17.0 Å². The van der Waals surface area contributed by atoms with Gasteiger partial charge >= 0.3 is 0 Å². The highest BCUT2D eigenvalue weighted by Gasteiger charge is 2.13. The second kappa shape index (κ2) is 5.36. The molecular formula is C13H16N4OS. The third-order valence-electron chi connectivity index (χ3n) is 2.58. The van der Waals surface area contributed by atoms with Crippen molar-refractivity contribution >= 4 is 17.2 Å². The van der Waals surface area contributed by atoms with Crippen LogP contribution in [0.4, 0.5) is 0 Å². The van der Waals surface area contributed by atoms with Gasteiger partial charge < -0.3 is 5.73 Å². The van der Waals surface area contributed by atoms with Crippen LogP contribution in [-0.4, -0.2) is 15.6 Å². The van der Waals surface area contributed by atoms with Crippen LogP contribution < -0.4 is 11.3 Å². The number of nitrogens with two attached hydrogens (primary N) is 1. The van der Waals surface area contributed by atoms with Gasteiger partial charge in [-0.3, -0.25) is 10.2 Å². The molecule has 100 valence electrons. The summed E-state index contributed by atoms with van der Waals surface area (Å²) in [5, 5.41) is 13.8. The normalized spacial score (nSPS) is 10.9. The fourth-order valence-corrected chi connectivity index (χ4v) is 2.43. The Morgan fingerprint density at radius 3 is 2.84 bits per heavy atom. The maximum atomic E-state index is 12.2. The highest BCUT2D eigenvalue weighted by Crippen LogP contribution is 2.22. The Hall–Kier alpha value is -1.95. The number of hydrogen-bond donors (Lipinski definition) is 2. The molecule has 2 aromatic rings. The molecule has 0 radical (unpaired) electrons. The molecule has 0 saturated heterocycles. The van der Waals surface area contributed by atoms with Crippen molar-refractivity contribution in [1.29, 1.82) is 5.41 Å². The lowest BCUT2D eigenvalue weighted by atomic mass is 10.2. The Bertz CT molecular complexity index is 643. The first-order valence-corrected chi connectivity index (χ1v) is 6.87. The molecule has 2 aromatic heterocycles. The summed E-state index contributed by atoms with van der Waals surface area (Å²) in [5.41, 5.74) is 6.07. The quantitative estimate of drug-likeness (QED) is 0.661. The van der Waals surface area contributed by atoms with E-state index in [2.05, 4.69) is 5.10 Å². The summed E-state index contributed by atoms with van der Waals surface area (Å²) in [5.74, 6) is 0.0753. The highest BCUT2D eigenvalue weighted by atomic mass is 32.1. The van der Waals surface area contributed by atoms with Gasteiger partial charge in [0.25, 0.3) is 5.56 Å². The van der Waals surface area contributed by atoms with Crippen LogP contribution in [0.3, 0.4) is 0 Å². The van der Waals surface area contributed by atoms with Gasteiger partial charge in [0.15, 0.2) is 0 Å². The number of aromatic nitrogens is 2. The van der Waals surface area contributed by atoms with Crippen LogP contribution in [-0.2, 0) is 6.54 Å². The van der Waals surface area contributed by atoms with Crippen LogP contribution >= 0.6 is 11.3 Å². The van der Waals surface area contributed by atoms with Gasteiger partial charge in [0, 0.05) is 6.54 Å². The molecule has 3 N–H and O–H groups in total. The van der Waals surface area contributed by atoms with Gasteiger partial charge in [-0.05, 0) is 23.4 Å². The number of nitrogen functional groups attached to an aromatic ring is 1. The van der Waals surface area contributed by atoms with Crippen LogP contribution in [0.15, 0.2) is 28.4 Å². The van der Waals surface area contributed by atoms with Gasteiger partial charge in [-0.1, -0.05) is 19.9 Å². The van der Waals surface area contributed by atoms with Crippen molar-refractivity contribution in [2.45, 2.75) is 20.4 Å². The van der Waals surface area contributed by atoms with E-state index in [9.17, 15) is 4.79 Å². The number of amidine groups is 1. The lowest BCUT2D eigenvalue weighted by Crippen LogP contribution is -2.32. The van der Waals surface area contributed by atoms with Gasteiger partial charge in [0.2, 0.25) is 0 Å². The van der Waals surface area contributed by atoms with Crippen molar-refractivity contribution < 1.29 is 0 Å². The van der Waals surface area contributed by atoms with E-state index in [4.69, 9.17) is 11.1 Å². The van der Waals surface area contributed by atoms with E-state index >= 15 is 0 Å². The SMILES string of the molecule is CC(C)Cn1nc(-c2cccs2)cc(C(=N)N)c1=O. The molecule has 0 aromatic carbocycles. The summed E-state index contributed by atoms with van der Waals surface area (Å²) in [6.07, 6.45) is 0. The second-order valence-corrected chi connectivity index (χ2v) is 5.66. The molecule has 0 saturated carbocycles. The largest absolute Gasteiger partial charge is 0.384 e. The molecule has 0 amide bonds. The lowest BCUT2D eigenvalue weighted by Gasteiger charge is -2.11. The van der Waals surface area contributed by atoms with E-state index in [1.54, 1.807) is 17.4 Å². The van der Waals surface area contributed by atoms with Gasteiger partial charge in [-0.15, -0.1) is 11.3 Å². The van der Waals surface area contributed by atoms with Gasteiger partial charge in [-0.2, -0.15) is 5.10 Å². The van der Waals surface area contributed by atoms with Crippen LogP contribution in [0, 0.1) is 11.3 Å². The summed E-state index contributed by atoms with van der Waals surface area (Å²) >= 11 is 1.54. The number of nitrogens with one attached hydrogen (secondary N) is 1. The Balaban J connectivity index is 2.61. The Labute approximate surface area is 115 Å². The summed E-state index contributed by atoms with van der Waals surface area (Å²) < 4.78 is 1.40. The van der Waals surface area contributed by atoms with E-state index in [0.29, 0.717) is 18.2 Å². The minimum absolute atomic E-state index is 0.207. The van der Waals surface area contributed by atoms with Crippen LogP contribution in [0.2, 0.25) is 0 Å². The average Bonchev–Trinajstić information content (AvgIpc) is 2.84. The fourth-order valence-electron chi connectivity index (χ4n) is 1.75. The van der Waals surface area contributed by atoms with Crippen LogP contribution in [0.25, 0.3) is 10.6 Å². The van der Waals surface area contributed by atoms with Crippen LogP contribution in [0.5, 0.6) is 0 Å². The fraction of sp³-hybridized carbons (Fsp3) is 0.308. The summed E-state index contributed by atoms with van der Waals surface area (Å²) in [4.78, 5) is 13.1. The zero-order valence-corrected chi connectivity index (χ0v) is 11.7. The topological polar surface area (TPSA) is 84.8 Å². The highest BCUT2D eigenvalue weighted by molar-refractivity contribution is 7.13. The molecular weight excluding hydrogens is 260 g/mol. The third kappa shape index (κ3) is 2.90. The smallest absolute Gasteiger partial charge is 0.277 e. The van der Waals surface area contributed by atoms with E-state index in [0.717, 1.165) is 4.88 Å². The second-order valence-electron chi connectivity index (χ2n) is 4.72. The van der Waals surface area contributed by atoms with Crippen molar-refractivity contribution in [2.75, 3.05) is 0 Å². The number of thiophene rings is 1. The molecule has 2 rings (SSSR count). The minimum atomic E-state index is -0.304. The summed E-state index contributed by atoms with van der Waals surface area (Å²) in [6.45, 7) is 4.54. The standard InChI is InChI=1S/C13H16N4OS/c1-8(2)7-17-13(18)9(12(14)15)6-10(16-17)11-4-3-5-19-11/h3-6,8H,7H2,1-2H3,(H3,14,15). The average molecular weight is 276 g/mol. The van der Waals surface area contributed by atoms with Crippen molar-refractivity contribution in [2.24, 2.45) is 11.7 Å². The maximum absolute atomic E-state index is 12.2. The Kier molecular flexibility index (Phi) is 3.80. The van der Waals surface area contributed by atoms with Gasteiger partial charge in [-0.25, -0.2) is 4.68 Å². The molecule has 5 nitrogen and oxygen atoms in total. The molecule has 0 fully saturated rings. The Morgan fingerprint density at radius 1 is 1.58 bits per heavy atom. The number of hydrogen-bond acceptors (Lipinski definition) is 4.